The van der Waals surface area contributed by atoms with Crippen molar-refractivity contribution < 1.29 is 4.79 Å². The standard InChI is InChI=1S/C21H25N7O/c29-21(20-14-28(25-24-20)19-6-7-19)23-18-12-27(13-18)11-17-10-26(15-22-17)9-8-16-4-2-1-3-5-16/h1-5,10,14-15,18-19H,6-9,11-13H2,(H,23,29). The first-order chi connectivity index (χ1) is 14.2. The van der Waals surface area contributed by atoms with Crippen LogP contribution in [0.25, 0.3) is 0 Å². The van der Waals surface area contributed by atoms with Gasteiger partial charge in [0.15, 0.2) is 5.69 Å². The lowest BCUT2D eigenvalue weighted by atomic mass is 10.1. The molecule has 0 atom stereocenters. The minimum atomic E-state index is -0.133. The highest BCUT2D eigenvalue weighted by molar-refractivity contribution is 5.92. The van der Waals surface area contributed by atoms with E-state index in [1.807, 2.05) is 12.4 Å². The summed E-state index contributed by atoms with van der Waals surface area (Å²) in [5.74, 6) is -0.133. The number of aryl methyl sites for hydroxylation is 2. The van der Waals surface area contributed by atoms with Crippen LogP contribution < -0.4 is 5.32 Å². The predicted octanol–water partition coefficient (Wildman–Crippen LogP) is 1.67. The molecule has 8 nitrogen and oxygen atoms in total. The third-order valence-corrected chi connectivity index (χ3v) is 5.53. The molecule has 0 unspecified atom stereocenters. The van der Waals surface area contributed by atoms with Crippen LogP contribution in [0.4, 0.5) is 0 Å². The summed E-state index contributed by atoms with van der Waals surface area (Å²) in [6.45, 7) is 3.40. The first-order valence-electron chi connectivity index (χ1n) is 10.2. The maximum atomic E-state index is 12.3. The lowest BCUT2D eigenvalue weighted by Crippen LogP contribution is -2.58. The highest BCUT2D eigenvalue weighted by Gasteiger charge is 2.30. The number of hydrogen-bond donors (Lipinski definition) is 1. The Bertz CT molecular complexity index is 970. The number of carbonyl (C=O) groups excluding carboxylic acids is 1. The molecule has 5 rings (SSSR count). The minimum absolute atomic E-state index is 0.133. The molecule has 3 heterocycles. The van der Waals surface area contributed by atoms with Gasteiger partial charge in [0.1, 0.15) is 0 Å². The topological polar surface area (TPSA) is 80.9 Å². The molecule has 1 amide bonds. The van der Waals surface area contributed by atoms with Crippen LogP contribution in [0, 0.1) is 0 Å². The summed E-state index contributed by atoms with van der Waals surface area (Å²) in [4.78, 5) is 19.1. The number of hydrogen-bond acceptors (Lipinski definition) is 5. The van der Waals surface area contributed by atoms with E-state index in [9.17, 15) is 4.79 Å². The zero-order valence-electron chi connectivity index (χ0n) is 16.3. The number of rotatable bonds is 8. The number of carbonyl (C=O) groups is 1. The van der Waals surface area contributed by atoms with Crippen LogP contribution in [-0.2, 0) is 19.5 Å². The smallest absolute Gasteiger partial charge is 0.273 e. The van der Waals surface area contributed by atoms with Crippen molar-refractivity contribution in [2.24, 2.45) is 0 Å². The molecule has 1 aromatic carbocycles. The molecule has 1 saturated carbocycles. The summed E-state index contributed by atoms with van der Waals surface area (Å²) in [7, 11) is 0. The van der Waals surface area contributed by atoms with Crippen LogP contribution in [0.3, 0.4) is 0 Å². The molecule has 2 aliphatic rings. The van der Waals surface area contributed by atoms with Crippen LogP contribution in [0.5, 0.6) is 0 Å². The third kappa shape index (κ3) is 4.37. The van der Waals surface area contributed by atoms with E-state index in [2.05, 4.69) is 60.5 Å². The maximum absolute atomic E-state index is 12.3. The largest absolute Gasteiger partial charge is 0.345 e. The van der Waals surface area contributed by atoms with Crippen molar-refractivity contribution in [2.45, 2.75) is 44.4 Å². The lowest BCUT2D eigenvalue weighted by molar-refractivity contribution is 0.0787. The first-order valence-corrected chi connectivity index (χ1v) is 10.2. The molecule has 150 valence electrons. The highest BCUT2D eigenvalue weighted by Crippen LogP contribution is 2.33. The molecule has 2 aromatic heterocycles. The van der Waals surface area contributed by atoms with Gasteiger partial charge in [-0.05, 0) is 24.8 Å². The summed E-state index contributed by atoms with van der Waals surface area (Å²) in [5, 5.41) is 11.1. The van der Waals surface area contributed by atoms with E-state index >= 15 is 0 Å². The van der Waals surface area contributed by atoms with E-state index < -0.39 is 0 Å². The van der Waals surface area contributed by atoms with Gasteiger partial charge in [-0.3, -0.25) is 9.69 Å². The van der Waals surface area contributed by atoms with E-state index in [1.165, 1.54) is 5.56 Å². The molecule has 1 N–H and O–H groups in total. The van der Waals surface area contributed by atoms with Gasteiger partial charge in [0.05, 0.1) is 30.3 Å². The number of benzene rings is 1. The normalized spacial score (nSPS) is 17.2. The summed E-state index contributed by atoms with van der Waals surface area (Å²) in [6, 6.07) is 11.1. The Labute approximate surface area is 169 Å². The maximum Gasteiger partial charge on any atom is 0.273 e. The van der Waals surface area contributed by atoms with Crippen molar-refractivity contribution >= 4 is 5.91 Å². The molecular formula is C21H25N7O. The van der Waals surface area contributed by atoms with Crippen molar-refractivity contribution in [3.63, 3.8) is 0 Å². The van der Waals surface area contributed by atoms with Gasteiger partial charge in [0, 0.05) is 32.4 Å². The molecule has 1 aliphatic heterocycles. The lowest BCUT2D eigenvalue weighted by Gasteiger charge is -2.38. The van der Waals surface area contributed by atoms with Crippen molar-refractivity contribution in [1.29, 1.82) is 0 Å². The zero-order valence-corrected chi connectivity index (χ0v) is 16.3. The van der Waals surface area contributed by atoms with Crippen LogP contribution >= 0.6 is 0 Å². The van der Waals surface area contributed by atoms with Gasteiger partial charge in [-0.2, -0.15) is 0 Å². The molecule has 0 bridgehead atoms. The second kappa shape index (κ2) is 7.79. The van der Waals surface area contributed by atoms with Gasteiger partial charge < -0.3 is 9.88 Å². The van der Waals surface area contributed by atoms with Crippen LogP contribution in [0.2, 0.25) is 0 Å². The second-order valence-corrected chi connectivity index (χ2v) is 8.02. The Kier molecular flexibility index (Phi) is 4.85. The number of nitrogens with zero attached hydrogens (tertiary/aromatic N) is 6. The van der Waals surface area contributed by atoms with Gasteiger partial charge in [0.2, 0.25) is 0 Å². The molecule has 3 aromatic rings. The van der Waals surface area contributed by atoms with Gasteiger partial charge in [-0.25, -0.2) is 9.67 Å². The Morgan fingerprint density at radius 3 is 2.76 bits per heavy atom. The molecule has 0 radical (unpaired) electrons. The van der Waals surface area contributed by atoms with Crippen molar-refractivity contribution in [2.75, 3.05) is 13.1 Å². The summed E-state index contributed by atoms with van der Waals surface area (Å²) in [5.41, 5.74) is 2.81. The first kappa shape index (κ1) is 18.1. The van der Waals surface area contributed by atoms with Gasteiger partial charge >= 0.3 is 0 Å². The van der Waals surface area contributed by atoms with Gasteiger partial charge in [-0.1, -0.05) is 35.5 Å². The van der Waals surface area contributed by atoms with Crippen LogP contribution in [0.1, 0.15) is 40.6 Å². The molecule has 1 aliphatic carbocycles. The fourth-order valence-electron chi connectivity index (χ4n) is 3.69. The quantitative estimate of drug-likeness (QED) is 0.632. The van der Waals surface area contributed by atoms with Crippen molar-refractivity contribution in [3.8, 4) is 0 Å². The number of nitrogens with one attached hydrogen (secondary N) is 1. The SMILES string of the molecule is O=C(NC1CN(Cc2cn(CCc3ccccc3)cn2)C1)c1cn(C2CC2)nn1. The summed E-state index contributed by atoms with van der Waals surface area (Å²) in [6.07, 6.45) is 9.03. The third-order valence-electron chi connectivity index (χ3n) is 5.53. The molecule has 8 heteroatoms. The molecular weight excluding hydrogens is 366 g/mol. The minimum Gasteiger partial charge on any atom is -0.345 e. The van der Waals surface area contributed by atoms with Crippen molar-refractivity contribution in [1.82, 2.24) is 34.8 Å². The average Bonchev–Trinajstić information content (AvgIpc) is 3.26. The second-order valence-electron chi connectivity index (χ2n) is 8.02. The van der Waals surface area contributed by atoms with Gasteiger partial charge in [0.25, 0.3) is 5.91 Å². The molecule has 2 fully saturated rings. The number of imidazole rings is 1. The molecule has 0 spiro atoms. The van der Waals surface area contributed by atoms with E-state index in [0.29, 0.717) is 11.7 Å². The van der Waals surface area contributed by atoms with E-state index in [1.54, 1.807) is 10.9 Å². The van der Waals surface area contributed by atoms with Crippen LogP contribution in [-0.4, -0.2) is 54.5 Å². The molecule has 29 heavy (non-hydrogen) atoms. The Balaban J connectivity index is 1.05. The predicted molar refractivity (Wildman–Crippen MR) is 107 cm³/mol. The summed E-state index contributed by atoms with van der Waals surface area (Å²) < 4.78 is 3.95. The van der Waals surface area contributed by atoms with E-state index in [-0.39, 0.29) is 11.9 Å². The Hall–Kier alpha value is -3.00. The Morgan fingerprint density at radius 1 is 1.14 bits per heavy atom. The number of likely N-dealkylation sites (tertiary alicyclic amines) is 1. The van der Waals surface area contributed by atoms with Crippen LogP contribution in [0.15, 0.2) is 49.1 Å². The fraction of sp³-hybridized carbons (Fsp3) is 0.429. The zero-order chi connectivity index (χ0) is 19.6. The number of aromatic nitrogens is 5. The monoisotopic (exact) mass is 391 g/mol. The fourth-order valence-corrected chi connectivity index (χ4v) is 3.69. The van der Waals surface area contributed by atoms with E-state index in [0.717, 1.165) is 51.1 Å². The Morgan fingerprint density at radius 2 is 1.97 bits per heavy atom. The average molecular weight is 391 g/mol. The highest BCUT2D eigenvalue weighted by atomic mass is 16.2. The van der Waals surface area contributed by atoms with Gasteiger partial charge in [-0.15, -0.1) is 5.10 Å². The molecule has 1 saturated heterocycles. The number of amides is 1. The summed E-state index contributed by atoms with van der Waals surface area (Å²) >= 11 is 0. The van der Waals surface area contributed by atoms with Crippen molar-refractivity contribution in [3.05, 3.63) is 66.0 Å². The van der Waals surface area contributed by atoms with E-state index in [4.69, 9.17) is 0 Å².